The molecule has 0 heterocycles. The Morgan fingerprint density at radius 2 is 2.07 bits per heavy atom. The summed E-state index contributed by atoms with van der Waals surface area (Å²) in [6.45, 7) is 2.09. The van der Waals surface area contributed by atoms with Crippen molar-refractivity contribution in [2.24, 2.45) is 0 Å². The van der Waals surface area contributed by atoms with E-state index >= 15 is 0 Å². The minimum absolute atomic E-state index is 0.0214. The summed E-state index contributed by atoms with van der Waals surface area (Å²) in [5, 5.41) is 8.59. The number of hydrogen-bond donors (Lipinski definition) is 1. The third-order valence-corrected chi connectivity index (χ3v) is 2.29. The SMILES string of the molecule is CCCCCC(=O)c1ccccc1OO. The lowest BCUT2D eigenvalue weighted by molar-refractivity contribution is -0.137. The molecule has 0 unspecified atom stereocenters. The molecule has 3 heteroatoms. The number of rotatable bonds is 6. The molecule has 15 heavy (non-hydrogen) atoms. The predicted molar refractivity (Wildman–Crippen MR) is 58.2 cm³/mol. The molecule has 0 atom stereocenters. The molecule has 0 saturated carbocycles. The molecule has 1 rings (SSSR count). The lowest BCUT2D eigenvalue weighted by atomic mass is 10.0. The molecular formula is C12H16O3. The molecule has 3 nitrogen and oxygen atoms in total. The number of unbranched alkanes of at least 4 members (excludes halogenated alkanes) is 2. The van der Waals surface area contributed by atoms with Crippen molar-refractivity contribution >= 4 is 5.78 Å². The van der Waals surface area contributed by atoms with Crippen molar-refractivity contribution in [3.05, 3.63) is 29.8 Å². The second-order valence-corrected chi connectivity index (χ2v) is 3.47. The summed E-state index contributed by atoms with van der Waals surface area (Å²) in [6.07, 6.45) is 3.53. The van der Waals surface area contributed by atoms with Crippen LogP contribution in [0.5, 0.6) is 5.75 Å². The van der Waals surface area contributed by atoms with Gasteiger partial charge in [-0.25, -0.2) is 5.26 Å². The van der Waals surface area contributed by atoms with Crippen LogP contribution >= 0.6 is 0 Å². The lowest BCUT2D eigenvalue weighted by Crippen LogP contribution is -2.01. The van der Waals surface area contributed by atoms with Crippen LogP contribution in [-0.4, -0.2) is 11.0 Å². The molecule has 0 aliphatic rings. The summed E-state index contributed by atoms with van der Waals surface area (Å²) in [5.41, 5.74) is 0.455. The van der Waals surface area contributed by atoms with E-state index in [1.807, 2.05) is 0 Å². The van der Waals surface area contributed by atoms with Gasteiger partial charge in [-0.1, -0.05) is 31.9 Å². The highest BCUT2D eigenvalue weighted by Gasteiger charge is 2.11. The average Bonchev–Trinajstić information content (AvgIpc) is 2.29. The van der Waals surface area contributed by atoms with Crippen LogP contribution in [0.25, 0.3) is 0 Å². The first-order chi connectivity index (χ1) is 7.29. The lowest BCUT2D eigenvalue weighted by Gasteiger charge is -2.04. The van der Waals surface area contributed by atoms with Gasteiger partial charge in [0.25, 0.3) is 0 Å². The van der Waals surface area contributed by atoms with Crippen molar-refractivity contribution in [2.75, 3.05) is 0 Å². The Balaban J connectivity index is 2.64. The van der Waals surface area contributed by atoms with Gasteiger partial charge in [-0.05, 0) is 18.6 Å². The maximum Gasteiger partial charge on any atom is 0.175 e. The zero-order valence-corrected chi connectivity index (χ0v) is 8.90. The Labute approximate surface area is 89.6 Å². The minimum Gasteiger partial charge on any atom is -0.339 e. The van der Waals surface area contributed by atoms with E-state index in [1.54, 1.807) is 24.3 Å². The third kappa shape index (κ3) is 3.36. The van der Waals surface area contributed by atoms with E-state index in [9.17, 15) is 4.79 Å². The van der Waals surface area contributed by atoms with Crippen LogP contribution in [0.1, 0.15) is 43.0 Å². The van der Waals surface area contributed by atoms with Crippen LogP contribution in [-0.2, 0) is 0 Å². The Kier molecular flexibility index (Phi) is 4.84. The van der Waals surface area contributed by atoms with Gasteiger partial charge in [-0.3, -0.25) is 4.79 Å². The fourth-order valence-electron chi connectivity index (χ4n) is 1.45. The first kappa shape index (κ1) is 11.7. The van der Waals surface area contributed by atoms with Crippen molar-refractivity contribution < 1.29 is 14.9 Å². The highest BCUT2D eigenvalue weighted by molar-refractivity contribution is 5.98. The standard InChI is InChI=1S/C12H16O3/c1-2-3-4-8-11(13)10-7-5-6-9-12(10)15-14/h5-7,9,14H,2-4,8H2,1H3. The number of carbonyl (C=O) groups is 1. The molecule has 0 bridgehead atoms. The molecule has 0 saturated heterocycles. The van der Waals surface area contributed by atoms with Gasteiger partial charge in [-0.15, -0.1) is 0 Å². The minimum atomic E-state index is 0.0214. The van der Waals surface area contributed by atoms with Crippen LogP contribution in [0, 0.1) is 0 Å². The van der Waals surface area contributed by atoms with Gasteiger partial charge in [0.05, 0.1) is 5.56 Å². The first-order valence-electron chi connectivity index (χ1n) is 5.23. The number of para-hydroxylation sites is 1. The van der Waals surface area contributed by atoms with Gasteiger partial charge in [0.15, 0.2) is 11.5 Å². The smallest absolute Gasteiger partial charge is 0.175 e. The van der Waals surface area contributed by atoms with Crippen molar-refractivity contribution in [1.82, 2.24) is 0 Å². The third-order valence-electron chi connectivity index (χ3n) is 2.29. The van der Waals surface area contributed by atoms with Crippen LogP contribution in [0.3, 0.4) is 0 Å². The first-order valence-corrected chi connectivity index (χ1v) is 5.23. The monoisotopic (exact) mass is 208 g/mol. The number of Topliss-reactive ketones (excluding diaryl/α,β-unsaturated/α-hetero) is 1. The van der Waals surface area contributed by atoms with E-state index in [4.69, 9.17) is 5.26 Å². The molecule has 0 amide bonds. The second-order valence-electron chi connectivity index (χ2n) is 3.47. The fourth-order valence-corrected chi connectivity index (χ4v) is 1.45. The summed E-state index contributed by atoms with van der Waals surface area (Å²) in [6, 6.07) is 6.72. The second kappa shape index (κ2) is 6.19. The van der Waals surface area contributed by atoms with E-state index in [2.05, 4.69) is 11.8 Å². The number of hydrogen-bond acceptors (Lipinski definition) is 3. The van der Waals surface area contributed by atoms with E-state index in [1.165, 1.54) is 0 Å². The van der Waals surface area contributed by atoms with Crippen molar-refractivity contribution in [3.63, 3.8) is 0 Å². The molecule has 0 radical (unpaired) electrons. The molecule has 0 aliphatic carbocycles. The molecule has 0 spiro atoms. The summed E-state index contributed by atoms with van der Waals surface area (Å²) in [4.78, 5) is 15.9. The Bertz CT molecular complexity index is 320. The maximum atomic E-state index is 11.7. The summed E-state index contributed by atoms with van der Waals surface area (Å²) in [7, 11) is 0. The van der Waals surface area contributed by atoms with Crippen molar-refractivity contribution in [1.29, 1.82) is 0 Å². The average molecular weight is 208 g/mol. The fraction of sp³-hybridized carbons (Fsp3) is 0.417. The zero-order chi connectivity index (χ0) is 11.1. The molecule has 0 fully saturated rings. The summed E-state index contributed by atoms with van der Waals surface area (Å²) < 4.78 is 0. The van der Waals surface area contributed by atoms with Gasteiger partial charge in [0.2, 0.25) is 0 Å². The largest absolute Gasteiger partial charge is 0.339 e. The highest BCUT2D eigenvalue weighted by atomic mass is 17.1. The van der Waals surface area contributed by atoms with Crippen LogP contribution in [0.4, 0.5) is 0 Å². The van der Waals surface area contributed by atoms with E-state index in [0.29, 0.717) is 12.0 Å². The van der Waals surface area contributed by atoms with E-state index in [0.717, 1.165) is 19.3 Å². The van der Waals surface area contributed by atoms with Crippen molar-refractivity contribution in [2.45, 2.75) is 32.6 Å². The van der Waals surface area contributed by atoms with Gasteiger partial charge < -0.3 is 4.89 Å². The molecular weight excluding hydrogens is 192 g/mol. The molecule has 0 aromatic heterocycles. The topological polar surface area (TPSA) is 46.5 Å². The molecule has 1 aromatic carbocycles. The van der Waals surface area contributed by atoms with Gasteiger partial charge in [0.1, 0.15) is 0 Å². The normalized spacial score (nSPS) is 10.0. The zero-order valence-electron chi connectivity index (χ0n) is 8.90. The Hall–Kier alpha value is -1.35. The number of benzene rings is 1. The van der Waals surface area contributed by atoms with Crippen molar-refractivity contribution in [3.8, 4) is 5.75 Å². The highest BCUT2D eigenvalue weighted by Crippen LogP contribution is 2.19. The molecule has 82 valence electrons. The molecule has 0 aliphatic heterocycles. The van der Waals surface area contributed by atoms with E-state index < -0.39 is 0 Å². The van der Waals surface area contributed by atoms with Crippen LogP contribution in [0.15, 0.2) is 24.3 Å². The van der Waals surface area contributed by atoms with Gasteiger partial charge in [-0.2, -0.15) is 0 Å². The maximum absolute atomic E-state index is 11.7. The number of carbonyl (C=O) groups excluding carboxylic acids is 1. The molecule has 1 aromatic rings. The summed E-state index contributed by atoms with van der Waals surface area (Å²) >= 11 is 0. The quantitative estimate of drug-likeness (QED) is 0.337. The Morgan fingerprint density at radius 1 is 1.33 bits per heavy atom. The summed E-state index contributed by atoms with van der Waals surface area (Å²) in [5.74, 6) is 0.257. The van der Waals surface area contributed by atoms with E-state index in [-0.39, 0.29) is 11.5 Å². The van der Waals surface area contributed by atoms with Gasteiger partial charge >= 0.3 is 0 Å². The predicted octanol–water partition coefficient (Wildman–Crippen LogP) is 3.30. The molecule has 1 N–H and O–H groups in total. The Morgan fingerprint density at radius 3 is 2.73 bits per heavy atom. The van der Waals surface area contributed by atoms with Crippen LogP contribution < -0.4 is 4.89 Å². The number of ketones is 1. The van der Waals surface area contributed by atoms with Crippen LogP contribution in [0.2, 0.25) is 0 Å². The van der Waals surface area contributed by atoms with Gasteiger partial charge in [0, 0.05) is 6.42 Å².